The summed E-state index contributed by atoms with van der Waals surface area (Å²) in [6.07, 6.45) is 1.44. The Labute approximate surface area is 176 Å². The lowest BCUT2D eigenvalue weighted by atomic mass is 10.2. The Bertz CT molecular complexity index is 1010. The number of halogens is 2. The minimum Gasteiger partial charge on any atom is -0.378 e. The lowest BCUT2D eigenvalue weighted by Crippen LogP contribution is -2.20. The highest BCUT2D eigenvalue weighted by Crippen LogP contribution is 2.18. The van der Waals surface area contributed by atoms with Gasteiger partial charge in [0, 0.05) is 12.2 Å². The number of benzene rings is 2. The number of hydrogen-bond acceptors (Lipinski definition) is 6. The highest BCUT2D eigenvalue weighted by atomic mass is 32.2. The van der Waals surface area contributed by atoms with Gasteiger partial charge in [0.1, 0.15) is 11.6 Å². The summed E-state index contributed by atoms with van der Waals surface area (Å²) in [5.41, 5.74) is 3.87. The minimum atomic E-state index is -0.333. The van der Waals surface area contributed by atoms with Crippen LogP contribution < -0.4 is 10.7 Å². The van der Waals surface area contributed by atoms with Gasteiger partial charge < -0.3 is 9.88 Å². The number of nitrogens with one attached hydrogen (secondary N) is 2. The van der Waals surface area contributed by atoms with Crippen molar-refractivity contribution in [1.82, 2.24) is 20.2 Å². The number of carbonyl (C=O) groups is 1. The summed E-state index contributed by atoms with van der Waals surface area (Å²) in [4.78, 5) is 12.0. The van der Waals surface area contributed by atoms with E-state index < -0.39 is 0 Å². The molecular weight excluding hydrogens is 410 g/mol. The van der Waals surface area contributed by atoms with Crippen LogP contribution in [-0.2, 0) is 17.9 Å². The SMILES string of the molecule is CCn1c(CNc2ccc(F)cc2)nnc1SCC(=O)NN=Cc1ccc(F)cc1. The third kappa shape index (κ3) is 6.11. The van der Waals surface area contributed by atoms with Crippen molar-refractivity contribution in [3.05, 3.63) is 71.6 Å². The van der Waals surface area contributed by atoms with E-state index in [1.807, 2.05) is 11.5 Å². The Balaban J connectivity index is 1.50. The second-order valence-corrected chi connectivity index (χ2v) is 7.08. The summed E-state index contributed by atoms with van der Waals surface area (Å²) in [5, 5.41) is 16.0. The predicted octanol–water partition coefficient (Wildman–Crippen LogP) is 3.43. The van der Waals surface area contributed by atoms with E-state index in [-0.39, 0.29) is 23.3 Å². The molecule has 3 rings (SSSR count). The largest absolute Gasteiger partial charge is 0.378 e. The van der Waals surface area contributed by atoms with Crippen LogP contribution in [0.2, 0.25) is 0 Å². The van der Waals surface area contributed by atoms with Crippen molar-refractivity contribution < 1.29 is 13.6 Å². The maximum atomic E-state index is 13.0. The van der Waals surface area contributed by atoms with Crippen LogP contribution in [0.3, 0.4) is 0 Å². The smallest absolute Gasteiger partial charge is 0.250 e. The first-order chi connectivity index (χ1) is 14.5. The molecule has 0 bridgehead atoms. The Hall–Kier alpha value is -3.27. The monoisotopic (exact) mass is 430 g/mol. The van der Waals surface area contributed by atoms with Crippen molar-refractivity contribution in [3.8, 4) is 0 Å². The molecule has 1 amide bonds. The van der Waals surface area contributed by atoms with E-state index in [9.17, 15) is 13.6 Å². The summed E-state index contributed by atoms with van der Waals surface area (Å²) < 4.78 is 27.8. The van der Waals surface area contributed by atoms with Gasteiger partial charge in [0.2, 0.25) is 0 Å². The Morgan fingerprint density at radius 2 is 1.77 bits per heavy atom. The highest BCUT2D eigenvalue weighted by molar-refractivity contribution is 7.99. The second-order valence-electron chi connectivity index (χ2n) is 6.14. The summed E-state index contributed by atoms with van der Waals surface area (Å²) in [7, 11) is 0. The molecule has 1 aromatic heterocycles. The standard InChI is InChI=1S/C20H20F2N6OS/c1-2-28-18(12-23-17-9-7-16(22)8-10-17)25-27-20(28)30-13-19(29)26-24-11-14-3-5-15(21)6-4-14/h3-11,23H,2,12-13H2,1H3,(H,26,29). The van der Waals surface area contributed by atoms with E-state index in [1.165, 1.54) is 42.2 Å². The first-order valence-corrected chi connectivity index (χ1v) is 10.2. The van der Waals surface area contributed by atoms with Crippen LogP contribution in [0.1, 0.15) is 18.3 Å². The van der Waals surface area contributed by atoms with E-state index in [0.29, 0.717) is 29.6 Å². The van der Waals surface area contributed by atoms with E-state index in [2.05, 4.69) is 26.0 Å². The van der Waals surface area contributed by atoms with E-state index in [0.717, 1.165) is 5.69 Å². The number of thioether (sulfide) groups is 1. The Morgan fingerprint density at radius 3 is 2.43 bits per heavy atom. The molecule has 0 radical (unpaired) electrons. The quantitative estimate of drug-likeness (QED) is 0.309. The fourth-order valence-electron chi connectivity index (χ4n) is 2.51. The number of nitrogens with zero attached hydrogens (tertiary/aromatic N) is 4. The molecule has 0 spiro atoms. The molecule has 156 valence electrons. The molecule has 0 saturated heterocycles. The summed E-state index contributed by atoms with van der Waals surface area (Å²) in [6.45, 7) is 3.02. The van der Waals surface area contributed by atoms with Gasteiger partial charge in [-0.1, -0.05) is 23.9 Å². The summed E-state index contributed by atoms with van der Waals surface area (Å²) >= 11 is 1.25. The van der Waals surface area contributed by atoms with Gasteiger partial charge in [-0.15, -0.1) is 10.2 Å². The molecule has 10 heteroatoms. The molecule has 1 heterocycles. The van der Waals surface area contributed by atoms with Crippen LogP contribution in [-0.4, -0.2) is 32.6 Å². The zero-order valence-electron chi connectivity index (χ0n) is 16.2. The van der Waals surface area contributed by atoms with Gasteiger partial charge in [-0.3, -0.25) is 4.79 Å². The molecule has 0 fully saturated rings. The number of amides is 1. The predicted molar refractivity (Wildman–Crippen MR) is 112 cm³/mol. The number of rotatable bonds is 9. The number of hydrogen-bond donors (Lipinski definition) is 2. The van der Waals surface area contributed by atoms with Crippen LogP contribution in [0, 0.1) is 11.6 Å². The van der Waals surface area contributed by atoms with Crippen molar-refractivity contribution in [3.63, 3.8) is 0 Å². The number of hydrazone groups is 1. The molecule has 2 N–H and O–H groups in total. The van der Waals surface area contributed by atoms with E-state index in [1.54, 1.807) is 24.3 Å². The maximum Gasteiger partial charge on any atom is 0.250 e. The lowest BCUT2D eigenvalue weighted by molar-refractivity contribution is -0.118. The van der Waals surface area contributed by atoms with Crippen LogP contribution in [0.25, 0.3) is 0 Å². The third-order valence-corrected chi connectivity index (χ3v) is 4.98. The zero-order valence-corrected chi connectivity index (χ0v) is 17.0. The molecule has 0 unspecified atom stereocenters. The molecule has 30 heavy (non-hydrogen) atoms. The van der Waals surface area contributed by atoms with Crippen molar-refractivity contribution in [2.45, 2.75) is 25.2 Å². The number of carbonyl (C=O) groups excluding carboxylic acids is 1. The van der Waals surface area contributed by atoms with Crippen molar-refractivity contribution >= 4 is 29.6 Å². The van der Waals surface area contributed by atoms with Gasteiger partial charge in [-0.2, -0.15) is 5.10 Å². The average molecular weight is 430 g/mol. The third-order valence-electron chi connectivity index (χ3n) is 4.01. The highest BCUT2D eigenvalue weighted by Gasteiger charge is 2.13. The first-order valence-electron chi connectivity index (χ1n) is 9.17. The van der Waals surface area contributed by atoms with Crippen LogP contribution in [0.5, 0.6) is 0 Å². The first kappa shape index (κ1) is 21.4. The number of aromatic nitrogens is 3. The number of anilines is 1. The Kier molecular flexibility index (Phi) is 7.50. The fourth-order valence-corrected chi connectivity index (χ4v) is 3.33. The topological polar surface area (TPSA) is 84.2 Å². The molecule has 2 aromatic carbocycles. The second kappa shape index (κ2) is 10.5. The van der Waals surface area contributed by atoms with Gasteiger partial charge >= 0.3 is 0 Å². The van der Waals surface area contributed by atoms with Crippen LogP contribution in [0.4, 0.5) is 14.5 Å². The van der Waals surface area contributed by atoms with Crippen molar-refractivity contribution in [2.75, 3.05) is 11.1 Å². The van der Waals surface area contributed by atoms with Gasteiger partial charge in [-0.05, 0) is 48.9 Å². The molecule has 0 saturated carbocycles. The molecule has 0 atom stereocenters. The zero-order chi connectivity index (χ0) is 21.3. The van der Waals surface area contributed by atoms with Crippen molar-refractivity contribution in [1.29, 1.82) is 0 Å². The molecule has 0 aliphatic rings. The molecule has 0 aliphatic heterocycles. The van der Waals surface area contributed by atoms with Crippen LogP contribution in [0.15, 0.2) is 58.8 Å². The average Bonchev–Trinajstić information content (AvgIpc) is 3.15. The van der Waals surface area contributed by atoms with Gasteiger partial charge in [0.25, 0.3) is 5.91 Å². The van der Waals surface area contributed by atoms with E-state index >= 15 is 0 Å². The molecule has 7 nitrogen and oxygen atoms in total. The molecule has 0 aliphatic carbocycles. The summed E-state index contributed by atoms with van der Waals surface area (Å²) in [5.74, 6) is -0.102. The molecular formula is C20H20F2N6OS. The van der Waals surface area contributed by atoms with Gasteiger partial charge in [-0.25, -0.2) is 14.2 Å². The van der Waals surface area contributed by atoms with Gasteiger partial charge in [0.05, 0.1) is 18.5 Å². The Morgan fingerprint density at radius 1 is 1.10 bits per heavy atom. The minimum absolute atomic E-state index is 0.115. The van der Waals surface area contributed by atoms with Crippen LogP contribution >= 0.6 is 11.8 Å². The van der Waals surface area contributed by atoms with Gasteiger partial charge in [0.15, 0.2) is 11.0 Å². The fraction of sp³-hybridized carbons (Fsp3) is 0.200. The maximum absolute atomic E-state index is 13.0. The molecule has 3 aromatic rings. The normalized spacial score (nSPS) is 11.0. The lowest BCUT2D eigenvalue weighted by Gasteiger charge is -2.09. The van der Waals surface area contributed by atoms with Crippen molar-refractivity contribution in [2.24, 2.45) is 5.10 Å². The summed E-state index contributed by atoms with van der Waals surface area (Å²) in [6, 6.07) is 11.8. The van der Waals surface area contributed by atoms with E-state index in [4.69, 9.17) is 0 Å².